The molecule has 0 saturated carbocycles. The van der Waals surface area contributed by atoms with Gasteiger partial charge < -0.3 is 5.32 Å². The molecule has 2 atom stereocenters. The van der Waals surface area contributed by atoms with E-state index in [0.29, 0.717) is 6.04 Å². The second kappa shape index (κ2) is 5.86. The Kier molecular flexibility index (Phi) is 4.19. The lowest BCUT2D eigenvalue weighted by atomic mass is 10.1. The van der Waals surface area contributed by atoms with Gasteiger partial charge in [0.2, 0.25) is 0 Å². The van der Waals surface area contributed by atoms with Crippen LogP contribution in [0.2, 0.25) is 0 Å². The smallest absolute Gasteiger partial charge is 0.0683 e. The van der Waals surface area contributed by atoms with Crippen LogP contribution in [0.4, 0.5) is 0 Å². The summed E-state index contributed by atoms with van der Waals surface area (Å²) < 4.78 is 0. The summed E-state index contributed by atoms with van der Waals surface area (Å²) >= 11 is 0. The monoisotopic (exact) mass is 228 g/mol. The van der Waals surface area contributed by atoms with Gasteiger partial charge in [0.15, 0.2) is 0 Å². The van der Waals surface area contributed by atoms with Gasteiger partial charge in [-0.25, -0.2) is 0 Å². The first-order chi connectivity index (χ1) is 8.31. The van der Waals surface area contributed by atoms with Crippen molar-refractivity contribution in [1.29, 1.82) is 0 Å². The molecule has 1 aliphatic rings. The normalized spacial score (nSPS) is 23.6. The highest BCUT2D eigenvalue weighted by Crippen LogP contribution is 2.18. The van der Waals surface area contributed by atoms with E-state index in [4.69, 9.17) is 6.42 Å². The Hall–Kier alpha value is -1.30. The van der Waals surface area contributed by atoms with Gasteiger partial charge in [-0.1, -0.05) is 36.3 Å². The molecule has 0 amide bonds. The first-order valence-electron chi connectivity index (χ1n) is 6.30. The molecule has 2 heteroatoms. The zero-order valence-corrected chi connectivity index (χ0v) is 10.4. The lowest BCUT2D eigenvalue weighted by Crippen LogP contribution is -2.36. The minimum absolute atomic E-state index is 0.223. The van der Waals surface area contributed by atoms with Crippen LogP contribution in [0.1, 0.15) is 24.9 Å². The van der Waals surface area contributed by atoms with Crippen molar-refractivity contribution in [2.24, 2.45) is 0 Å². The van der Waals surface area contributed by atoms with Crippen LogP contribution < -0.4 is 5.32 Å². The quantitative estimate of drug-likeness (QED) is 0.779. The van der Waals surface area contributed by atoms with Crippen molar-refractivity contribution in [2.45, 2.75) is 25.4 Å². The van der Waals surface area contributed by atoms with E-state index >= 15 is 0 Å². The van der Waals surface area contributed by atoms with Gasteiger partial charge in [-0.2, -0.15) is 0 Å². The van der Waals surface area contributed by atoms with Gasteiger partial charge in [-0.3, -0.25) is 4.90 Å². The summed E-state index contributed by atoms with van der Waals surface area (Å²) in [5.41, 5.74) is 1.35. The highest BCUT2D eigenvalue weighted by Gasteiger charge is 2.21. The minimum Gasteiger partial charge on any atom is -0.309 e. The van der Waals surface area contributed by atoms with E-state index < -0.39 is 0 Å². The van der Waals surface area contributed by atoms with Crippen LogP contribution in [-0.2, 0) is 0 Å². The molecule has 1 N–H and O–H groups in total. The molecule has 1 heterocycles. The Morgan fingerprint density at radius 3 is 2.88 bits per heavy atom. The Labute approximate surface area is 104 Å². The fourth-order valence-electron chi connectivity index (χ4n) is 2.31. The zero-order valence-electron chi connectivity index (χ0n) is 10.4. The molecule has 0 bridgehead atoms. The van der Waals surface area contributed by atoms with Crippen LogP contribution in [0.15, 0.2) is 30.3 Å². The first kappa shape index (κ1) is 12.2. The SMILES string of the molecule is C#CC(C)N1CCCNC(c2ccccc2)C1. The van der Waals surface area contributed by atoms with Crippen molar-refractivity contribution in [1.82, 2.24) is 10.2 Å². The average molecular weight is 228 g/mol. The number of hydrogen-bond donors (Lipinski definition) is 1. The standard InChI is InChI=1S/C15H20N2/c1-3-13(2)17-11-7-10-16-15(12-17)14-8-5-4-6-9-14/h1,4-6,8-9,13,15-16H,7,10-12H2,2H3. The summed E-state index contributed by atoms with van der Waals surface area (Å²) in [4.78, 5) is 2.39. The maximum atomic E-state index is 5.53. The minimum atomic E-state index is 0.223. The molecule has 0 spiro atoms. The van der Waals surface area contributed by atoms with Gasteiger partial charge in [0.05, 0.1) is 6.04 Å². The molecular formula is C15H20N2. The Morgan fingerprint density at radius 1 is 1.41 bits per heavy atom. The molecular weight excluding hydrogens is 208 g/mol. The maximum Gasteiger partial charge on any atom is 0.0683 e. The van der Waals surface area contributed by atoms with Crippen molar-refractivity contribution < 1.29 is 0 Å². The Morgan fingerprint density at radius 2 is 2.18 bits per heavy atom. The fourth-order valence-corrected chi connectivity index (χ4v) is 2.31. The van der Waals surface area contributed by atoms with E-state index in [1.807, 2.05) is 0 Å². The number of nitrogens with one attached hydrogen (secondary N) is 1. The van der Waals surface area contributed by atoms with Crippen molar-refractivity contribution in [3.05, 3.63) is 35.9 Å². The third-order valence-corrected chi connectivity index (χ3v) is 3.42. The van der Waals surface area contributed by atoms with E-state index in [9.17, 15) is 0 Å². The molecule has 2 unspecified atom stereocenters. The Bertz CT molecular complexity index is 380. The molecule has 1 aromatic rings. The number of terminal acetylenes is 1. The van der Waals surface area contributed by atoms with Gasteiger partial charge in [-0.05, 0) is 25.5 Å². The predicted molar refractivity (Wildman–Crippen MR) is 71.7 cm³/mol. The second-order valence-corrected chi connectivity index (χ2v) is 4.61. The van der Waals surface area contributed by atoms with E-state index in [-0.39, 0.29) is 6.04 Å². The zero-order chi connectivity index (χ0) is 12.1. The molecule has 0 radical (unpaired) electrons. The van der Waals surface area contributed by atoms with E-state index in [2.05, 4.69) is 53.4 Å². The largest absolute Gasteiger partial charge is 0.309 e. The van der Waals surface area contributed by atoms with Crippen molar-refractivity contribution >= 4 is 0 Å². The van der Waals surface area contributed by atoms with E-state index in [0.717, 1.165) is 26.1 Å². The molecule has 0 aliphatic carbocycles. The van der Waals surface area contributed by atoms with Gasteiger partial charge in [-0.15, -0.1) is 6.42 Å². The summed E-state index contributed by atoms with van der Waals surface area (Å²) in [6.07, 6.45) is 6.69. The van der Waals surface area contributed by atoms with E-state index in [1.54, 1.807) is 0 Å². The first-order valence-corrected chi connectivity index (χ1v) is 6.30. The highest BCUT2D eigenvalue weighted by molar-refractivity contribution is 5.19. The molecule has 1 fully saturated rings. The number of benzene rings is 1. The molecule has 2 nitrogen and oxygen atoms in total. The van der Waals surface area contributed by atoms with Gasteiger partial charge in [0.1, 0.15) is 0 Å². The number of hydrogen-bond acceptors (Lipinski definition) is 2. The molecule has 0 aromatic heterocycles. The van der Waals surface area contributed by atoms with Gasteiger partial charge >= 0.3 is 0 Å². The van der Waals surface area contributed by atoms with Crippen molar-refractivity contribution in [3.8, 4) is 12.3 Å². The second-order valence-electron chi connectivity index (χ2n) is 4.61. The van der Waals surface area contributed by atoms with Crippen molar-refractivity contribution in [2.75, 3.05) is 19.6 Å². The Balaban J connectivity index is 2.10. The van der Waals surface area contributed by atoms with Crippen LogP contribution in [0.25, 0.3) is 0 Å². The number of rotatable bonds is 2. The summed E-state index contributed by atoms with van der Waals surface area (Å²) in [6.45, 7) is 5.25. The molecule has 90 valence electrons. The highest BCUT2D eigenvalue weighted by atomic mass is 15.2. The average Bonchev–Trinajstić information content (AvgIpc) is 2.64. The maximum absolute atomic E-state index is 5.53. The molecule has 1 aromatic carbocycles. The number of nitrogens with zero attached hydrogens (tertiary/aromatic N) is 1. The third kappa shape index (κ3) is 3.09. The van der Waals surface area contributed by atoms with Crippen LogP contribution in [0.3, 0.4) is 0 Å². The van der Waals surface area contributed by atoms with Crippen LogP contribution in [-0.4, -0.2) is 30.6 Å². The summed E-state index contributed by atoms with van der Waals surface area (Å²) in [6, 6.07) is 11.2. The predicted octanol–water partition coefficient (Wildman–Crippen LogP) is 2.04. The van der Waals surface area contributed by atoms with Crippen LogP contribution in [0, 0.1) is 12.3 Å². The molecule has 17 heavy (non-hydrogen) atoms. The van der Waals surface area contributed by atoms with Gasteiger partial charge in [0.25, 0.3) is 0 Å². The molecule has 1 saturated heterocycles. The van der Waals surface area contributed by atoms with Crippen molar-refractivity contribution in [3.63, 3.8) is 0 Å². The summed E-state index contributed by atoms with van der Waals surface area (Å²) in [5.74, 6) is 2.83. The third-order valence-electron chi connectivity index (χ3n) is 3.42. The summed E-state index contributed by atoms with van der Waals surface area (Å²) in [7, 11) is 0. The van der Waals surface area contributed by atoms with Gasteiger partial charge in [0, 0.05) is 19.1 Å². The molecule has 1 aliphatic heterocycles. The van der Waals surface area contributed by atoms with E-state index in [1.165, 1.54) is 5.56 Å². The topological polar surface area (TPSA) is 15.3 Å². The van der Waals surface area contributed by atoms with Crippen LogP contribution >= 0.6 is 0 Å². The fraction of sp³-hybridized carbons (Fsp3) is 0.467. The molecule has 2 rings (SSSR count). The summed E-state index contributed by atoms with van der Waals surface area (Å²) in [5, 5.41) is 3.60. The lowest BCUT2D eigenvalue weighted by Gasteiger charge is -2.27. The van der Waals surface area contributed by atoms with Crippen LogP contribution in [0.5, 0.6) is 0 Å². The lowest BCUT2D eigenvalue weighted by molar-refractivity contribution is 0.243.